The van der Waals surface area contributed by atoms with Crippen LogP contribution < -0.4 is 0 Å². The van der Waals surface area contributed by atoms with Gasteiger partial charge in [0.15, 0.2) is 11.6 Å². The predicted molar refractivity (Wildman–Crippen MR) is 65.3 cm³/mol. The Hall–Kier alpha value is -1.82. The highest BCUT2D eigenvalue weighted by Crippen LogP contribution is 2.22. The van der Waals surface area contributed by atoms with Gasteiger partial charge >= 0.3 is 0 Å². The lowest BCUT2D eigenvalue weighted by Crippen LogP contribution is -2.22. The normalized spacial score (nSPS) is 12.9. The molecule has 0 saturated carbocycles. The van der Waals surface area contributed by atoms with E-state index in [-0.39, 0.29) is 6.04 Å². The van der Waals surface area contributed by atoms with Gasteiger partial charge in [-0.25, -0.2) is 8.78 Å². The summed E-state index contributed by atoms with van der Waals surface area (Å²) >= 11 is 0. The molecule has 0 fully saturated rings. The van der Waals surface area contributed by atoms with Crippen LogP contribution in [0.1, 0.15) is 30.3 Å². The molecule has 0 aliphatic heterocycles. The van der Waals surface area contributed by atoms with E-state index in [2.05, 4.69) is 10.2 Å². The fourth-order valence-electron chi connectivity index (χ4n) is 1.78. The van der Waals surface area contributed by atoms with Crippen LogP contribution in [0.4, 0.5) is 8.78 Å². The molecular formula is C13H15F2N3O. The molecule has 0 aliphatic carbocycles. The van der Waals surface area contributed by atoms with E-state index in [9.17, 15) is 8.78 Å². The number of hydrogen-bond donors (Lipinski definition) is 0. The maximum atomic E-state index is 13.2. The van der Waals surface area contributed by atoms with Gasteiger partial charge < -0.3 is 4.42 Å². The second-order valence-electron chi connectivity index (χ2n) is 4.48. The Morgan fingerprint density at radius 1 is 1.26 bits per heavy atom. The van der Waals surface area contributed by atoms with E-state index in [0.717, 1.165) is 6.07 Å². The first-order valence-electron chi connectivity index (χ1n) is 5.91. The van der Waals surface area contributed by atoms with Gasteiger partial charge in [0.1, 0.15) is 0 Å². The van der Waals surface area contributed by atoms with Crippen molar-refractivity contribution < 1.29 is 13.2 Å². The van der Waals surface area contributed by atoms with Gasteiger partial charge in [-0.3, -0.25) is 4.90 Å². The van der Waals surface area contributed by atoms with Crippen LogP contribution in [-0.2, 0) is 6.54 Å². The second-order valence-corrected chi connectivity index (χ2v) is 4.48. The molecule has 0 saturated heterocycles. The van der Waals surface area contributed by atoms with Crippen molar-refractivity contribution in [3.63, 3.8) is 0 Å². The molecule has 102 valence electrons. The number of nitrogens with zero attached hydrogens (tertiary/aromatic N) is 3. The third-order valence-corrected chi connectivity index (χ3v) is 3.04. The summed E-state index contributed by atoms with van der Waals surface area (Å²) in [6, 6.07) is 3.81. The predicted octanol–water partition coefficient (Wildman–Crippen LogP) is 2.85. The summed E-state index contributed by atoms with van der Waals surface area (Å²) in [6.45, 7) is 4.06. The molecule has 19 heavy (non-hydrogen) atoms. The van der Waals surface area contributed by atoms with Crippen molar-refractivity contribution in [1.29, 1.82) is 0 Å². The minimum atomic E-state index is -0.842. The molecule has 2 aromatic rings. The van der Waals surface area contributed by atoms with Crippen molar-refractivity contribution in [3.05, 3.63) is 47.2 Å². The number of aryl methyl sites for hydroxylation is 1. The van der Waals surface area contributed by atoms with Gasteiger partial charge in [0.2, 0.25) is 11.8 Å². The highest BCUT2D eigenvalue weighted by molar-refractivity contribution is 5.20. The van der Waals surface area contributed by atoms with Gasteiger partial charge in [-0.05, 0) is 31.7 Å². The molecule has 2 rings (SSSR count). The Balaban J connectivity index is 2.09. The van der Waals surface area contributed by atoms with Crippen molar-refractivity contribution in [2.24, 2.45) is 0 Å². The molecule has 0 amide bonds. The molecule has 0 aliphatic rings. The highest BCUT2D eigenvalue weighted by Gasteiger charge is 2.16. The lowest BCUT2D eigenvalue weighted by Gasteiger charge is -2.23. The van der Waals surface area contributed by atoms with Gasteiger partial charge in [-0.15, -0.1) is 10.2 Å². The Bertz CT molecular complexity index is 571. The first kappa shape index (κ1) is 13.6. The number of rotatable bonds is 4. The van der Waals surface area contributed by atoms with Gasteiger partial charge in [0, 0.05) is 13.0 Å². The molecule has 1 aromatic carbocycles. The quantitative estimate of drug-likeness (QED) is 0.854. The van der Waals surface area contributed by atoms with Crippen LogP contribution in [-0.4, -0.2) is 22.1 Å². The summed E-state index contributed by atoms with van der Waals surface area (Å²) < 4.78 is 31.4. The minimum absolute atomic E-state index is 0.0951. The zero-order chi connectivity index (χ0) is 14.0. The average Bonchev–Trinajstić information content (AvgIpc) is 2.77. The van der Waals surface area contributed by atoms with Crippen LogP contribution >= 0.6 is 0 Å². The summed E-state index contributed by atoms with van der Waals surface area (Å²) in [5.41, 5.74) is 0.692. The molecule has 1 unspecified atom stereocenters. The molecule has 6 heteroatoms. The van der Waals surface area contributed by atoms with Gasteiger partial charge in [-0.1, -0.05) is 6.07 Å². The summed E-state index contributed by atoms with van der Waals surface area (Å²) in [6.07, 6.45) is 0. The Morgan fingerprint density at radius 2 is 2.00 bits per heavy atom. The maximum Gasteiger partial charge on any atom is 0.230 e. The number of aromatic nitrogens is 2. The standard InChI is InChI=1S/C13H15F2N3O/c1-8(10-4-5-11(14)12(15)6-10)18(3)7-13-17-16-9(2)19-13/h4-6,8H,7H2,1-3H3. The van der Waals surface area contributed by atoms with E-state index in [4.69, 9.17) is 4.42 Å². The lowest BCUT2D eigenvalue weighted by molar-refractivity contribution is 0.226. The second kappa shape index (κ2) is 5.44. The molecule has 0 bridgehead atoms. The van der Waals surface area contributed by atoms with Crippen molar-refractivity contribution in [2.75, 3.05) is 7.05 Å². The summed E-state index contributed by atoms with van der Waals surface area (Å²) in [7, 11) is 1.85. The van der Waals surface area contributed by atoms with Crippen molar-refractivity contribution >= 4 is 0 Å². The smallest absolute Gasteiger partial charge is 0.230 e. The Kier molecular flexibility index (Phi) is 3.90. The maximum absolute atomic E-state index is 13.2. The summed E-state index contributed by atoms with van der Waals surface area (Å²) in [4.78, 5) is 1.92. The summed E-state index contributed by atoms with van der Waals surface area (Å²) in [5.74, 6) is -0.684. The van der Waals surface area contributed by atoms with E-state index in [1.807, 2.05) is 18.9 Å². The van der Waals surface area contributed by atoms with Crippen LogP contribution in [0.3, 0.4) is 0 Å². The fraction of sp³-hybridized carbons (Fsp3) is 0.385. The summed E-state index contributed by atoms with van der Waals surface area (Å²) in [5, 5.41) is 7.65. The van der Waals surface area contributed by atoms with Gasteiger partial charge in [0.25, 0.3) is 0 Å². The van der Waals surface area contributed by atoms with Crippen LogP contribution in [0, 0.1) is 18.6 Å². The third kappa shape index (κ3) is 3.14. The number of hydrogen-bond acceptors (Lipinski definition) is 4. The van der Waals surface area contributed by atoms with Crippen LogP contribution in [0.25, 0.3) is 0 Å². The molecule has 1 heterocycles. The molecule has 0 radical (unpaired) electrons. The molecule has 4 nitrogen and oxygen atoms in total. The van der Waals surface area contributed by atoms with Crippen LogP contribution in [0.15, 0.2) is 22.6 Å². The monoisotopic (exact) mass is 267 g/mol. The van der Waals surface area contributed by atoms with Crippen molar-refractivity contribution in [1.82, 2.24) is 15.1 Å². The molecule has 0 spiro atoms. The van der Waals surface area contributed by atoms with Crippen molar-refractivity contribution in [3.8, 4) is 0 Å². The largest absolute Gasteiger partial charge is 0.424 e. The number of halogens is 2. The Morgan fingerprint density at radius 3 is 2.58 bits per heavy atom. The average molecular weight is 267 g/mol. The van der Waals surface area contributed by atoms with Crippen LogP contribution in [0.5, 0.6) is 0 Å². The fourth-order valence-corrected chi connectivity index (χ4v) is 1.78. The molecule has 1 aromatic heterocycles. The topological polar surface area (TPSA) is 42.2 Å². The highest BCUT2D eigenvalue weighted by atomic mass is 19.2. The van der Waals surface area contributed by atoms with E-state index in [1.165, 1.54) is 6.07 Å². The van der Waals surface area contributed by atoms with E-state index in [1.54, 1.807) is 13.0 Å². The number of benzene rings is 1. The van der Waals surface area contributed by atoms with Gasteiger partial charge in [-0.2, -0.15) is 0 Å². The molecule has 1 atom stereocenters. The minimum Gasteiger partial charge on any atom is -0.424 e. The first-order valence-corrected chi connectivity index (χ1v) is 5.91. The van der Waals surface area contributed by atoms with Gasteiger partial charge in [0.05, 0.1) is 6.54 Å². The first-order chi connectivity index (χ1) is 8.97. The van der Waals surface area contributed by atoms with E-state index >= 15 is 0 Å². The van der Waals surface area contributed by atoms with Crippen molar-refractivity contribution in [2.45, 2.75) is 26.4 Å². The SMILES string of the molecule is Cc1nnc(CN(C)C(C)c2ccc(F)c(F)c2)o1. The van der Waals surface area contributed by atoms with Crippen LogP contribution in [0.2, 0.25) is 0 Å². The third-order valence-electron chi connectivity index (χ3n) is 3.04. The Labute approximate surface area is 110 Å². The lowest BCUT2D eigenvalue weighted by atomic mass is 10.1. The zero-order valence-corrected chi connectivity index (χ0v) is 11.0. The zero-order valence-electron chi connectivity index (χ0n) is 11.0. The molecular weight excluding hydrogens is 252 g/mol. The molecule has 0 N–H and O–H groups in total. The van der Waals surface area contributed by atoms with E-state index in [0.29, 0.717) is 23.9 Å². The van der Waals surface area contributed by atoms with E-state index < -0.39 is 11.6 Å².